The third kappa shape index (κ3) is 5.94. The lowest BCUT2D eigenvalue weighted by molar-refractivity contribution is 0.250. The number of hydrogen-bond donors (Lipinski definition) is 1. The van der Waals surface area contributed by atoms with Crippen LogP contribution in [0.1, 0.15) is 18.9 Å². The molecule has 19 heavy (non-hydrogen) atoms. The van der Waals surface area contributed by atoms with Gasteiger partial charge in [-0.05, 0) is 44.8 Å². The molecule has 108 valence electrons. The summed E-state index contributed by atoms with van der Waals surface area (Å²) in [4.78, 5) is 2.10. The van der Waals surface area contributed by atoms with Crippen LogP contribution in [-0.4, -0.2) is 45.8 Å². The van der Waals surface area contributed by atoms with Crippen LogP contribution in [0, 0.1) is 0 Å². The van der Waals surface area contributed by atoms with Crippen molar-refractivity contribution < 1.29 is 9.47 Å². The van der Waals surface area contributed by atoms with Gasteiger partial charge in [-0.3, -0.25) is 0 Å². The van der Waals surface area contributed by atoms with Gasteiger partial charge in [-0.15, -0.1) is 0 Å². The summed E-state index contributed by atoms with van der Waals surface area (Å²) in [5.41, 5.74) is 1.22. The molecule has 1 aromatic rings. The van der Waals surface area contributed by atoms with E-state index in [1.807, 2.05) is 20.2 Å². The Morgan fingerprint density at radius 1 is 1.21 bits per heavy atom. The van der Waals surface area contributed by atoms with Gasteiger partial charge in [0.05, 0.1) is 7.11 Å². The first-order chi connectivity index (χ1) is 9.17. The Kier molecular flexibility index (Phi) is 7.30. The largest absolute Gasteiger partial charge is 0.493 e. The van der Waals surface area contributed by atoms with Gasteiger partial charge in [0.2, 0.25) is 0 Å². The smallest absolute Gasteiger partial charge is 0.161 e. The summed E-state index contributed by atoms with van der Waals surface area (Å²) in [6, 6.07) is 6.09. The summed E-state index contributed by atoms with van der Waals surface area (Å²) in [5.74, 6) is 1.61. The van der Waals surface area contributed by atoms with Gasteiger partial charge in [-0.1, -0.05) is 13.0 Å². The van der Waals surface area contributed by atoms with Gasteiger partial charge >= 0.3 is 0 Å². The second-order valence-corrected chi connectivity index (χ2v) is 4.81. The Morgan fingerprint density at radius 3 is 2.63 bits per heavy atom. The molecule has 0 saturated heterocycles. The van der Waals surface area contributed by atoms with E-state index in [1.165, 1.54) is 5.56 Å². The summed E-state index contributed by atoms with van der Waals surface area (Å²) in [5, 5.41) is 3.39. The van der Waals surface area contributed by atoms with E-state index in [4.69, 9.17) is 9.47 Å². The Balaban J connectivity index is 2.61. The van der Waals surface area contributed by atoms with Gasteiger partial charge < -0.3 is 19.7 Å². The van der Waals surface area contributed by atoms with Gasteiger partial charge in [0, 0.05) is 13.1 Å². The number of likely N-dealkylation sites (N-methyl/N-ethyl adjacent to an activating group) is 1. The van der Waals surface area contributed by atoms with E-state index >= 15 is 0 Å². The van der Waals surface area contributed by atoms with Crippen molar-refractivity contribution in [1.29, 1.82) is 0 Å². The molecule has 0 aliphatic heterocycles. The molecule has 1 aromatic carbocycles. The maximum Gasteiger partial charge on any atom is 0.161 e. The van der Waals surface area contributed by atoms with Gasteiger partial charge in [-0.25, -0.2) is 0 Å². The molecule has 0 heterocycles. The van der Waals surface area contributed by atoms with Crippen molar-refractivity contribution in [3.05, 3.63) is 23.8 Å². The number of nitrogens with zero attached hydrogens (tertiary/aromatic N) is 1. The molecular formula is C15H26N2O2. The standard InChI is InChI=1S/C15H26N2O2/c1-5-8-16-12-13-6-7-14(18-4)15(11-13)19-10-9-17(2)3/h6-7,11,16H,5,8-10,12H2,1-4H3. The summed E-state index contributed by atoms with van der Waals surface area (Å²) in [6.45, 7) is 5.61. The minimum Gasteiger partial charge on any atom is -0.493 e. The van der Waals surface area contributed by atoms with Crippen LogP contribution in [0.2, 0.25) is 0 Å². The molecule has 0 saturated carbocycles. The van der Waals surface area contributed by atoms with Crippen molar-refractivity contribution in [2.45, 2.75) is 19.9 Å². The van der Waals surface area contributed by atoms with Crippen LogP contribution in [0.25, 0.3) is 0 Å². The quantitative estimate of drug-likeness (QED) is 0.694. The minimum atomic E-state index is 0.662. The second-order valence-electron chi connectivity index (χ2n) is 4.81. The van der Waals surface area contributed by atoms with Crippen LogP contribution in [0.5, 0.6) is 11.5 Å². The van der Waals surface area contributed by atoms with E-state index in [1.54, 1.807) is 7.11 Å². The number of rotatable bonds is 9. The second kappa shape index (κ2) is 8.77. The predicted octanol–water partition coefficient (Wildman–Crippen LogP) is 2.14. The zero-order valence-corrected chi connectivity index (χ0v) is 12.5. The topological polar surface area (TPSA) is 33.7 Å². The maximum atomic E-state index is 5.79. The third-order valence-electron chi connectivity index (χ3n) is 2.78. The molecular weight excluding hydrogens is 240 g/mol. The third-order valence-corrected chi connectivity index (χ3v) is 2.78. The summed E-state index contributed by atoms with van der Waals surface area (Å²) in [6.07, 6.45) is 1.14. The molecule has 0 fully saturated rings. The van der Waals surface area contributed by atoms with E-state index in [0.29, 0.717) is 6.61 Å². The highest BCUT2D eigenvalue weighted by Gasteiger charge is 2.06. The van der Waals surface area contributed by atoms with Gasteiger partial charge in [-0.2, -0.15) is 0 Å². The number of hydrogen-bond acceptors (Lipinski definition) is 4. The predicted molar refractivity (Wildman–Crippen MR) is 79.0 cm³/mol. The summed E-state index contributed by atoms with van der Waals surface area (Å²) < 4.78 is 11.1. The molecule has 0 aliphatic rings. The number of methoxy groups -OCH3 is 1. The van der Waals surface area contributed by atoms with Crippen LogP contribution in [0.15, 0.2) is 18.2 Å². The maximum absolute atomic E-state index is 5.79. The van der Waals surface area contributed by atoms with Gasteiger partial charge in [0.25, 0.3) is 0 Å². The van der Waals surface area contributed by atoms with E-state index < -0.39 is 0 Å². The highest BCUT2D eigenvalue weighted by Crippen LogP contribution is 2.28. The van der Waals surface area contributed by atoms with Gasteiger partial charge in [0.15, 0.2) is 11.5 Å². The molecule has 0 unspecified atom stereocenters. The molecule has 0 bridgehead atoms. The van der Waals surface area contributed by atoms with Crippen molar-refractivity contribution in [2.24, 2.45) is 0 Å². The van der Waals surface area contributed by atoms with Crippen LogP contribution < -0.4 is 14.8 Å². The molecule has 0 atom stereocenters. The highest BCUT2D eigenvalue weighted by molar-refractivity contribution is 5.42. The Morgan fingerprint density at radius 2 is 2.00 bits per heavy atom. The lowest BCUT2D eigenvalue weighted by Crippen LogP contribution is -2.19. The lowest BCUT2D eigenvalue weighted by atomic mass is 10.2. The van der Waals surface area contributed by atoms with Crippen LogP contribution >= 0.6 is 0 Å². The van der Waals surface area contributed by atoms with Crippen molar-refractivity contribution in [3.63, 3.8) is 0 Å². The van der Waals surface area contributed by atoms with E-state index in [2.05, 4.69) is 29.3 Å². The van der Waals surface area contributed by atoms with E-state index in [9.17, 15) is 0 Å². The normalized spacial score (nSPS) is 10.8. The van der Waals surface area contributed by atoms with Crippen LogP contribution in [0.4, 0.5) is 0 Å². The van der Waals surface area contributed by atoms with E-state index in [-0.39, 0.29) is 0 Å². The molecule has 0 radical (unpaired) electrons. The average molecular weight is 266 g/mol. The van der Waals surface area contributed by atoms with Crippen molar-refractivity contribution in [1.82, 2.24) is 10.2 Å². The minimum absolute atomic E-state index is 0.662. The summed E-state index contributed by atoms with van der Waals surface area (Å²) in [7, 11) is 5.74. The zero-order chi connectivity index (χ0) is 14.1. The fraction of sp³-hybridized carbons (Fsp3) is 0.600. The molecule has 4 nitrogen and oxygen atoms in total. The molecule has 0 aliphatic carbocycles. The average Bonchev–Trinajstić information content (AvgIpc) is 2.39. The van der Waals surface area contributed by atoms with Crippen molar-refractivity contribution in [3.8, 4) is 11.5 Å². The van der Waals surface area contributed by atoms with Crippen LogP contribution in [0.3, 0.4) is 0 Å². The van der Waals surface area contributed by atoms with Crippen molar-refractivity contribution in [2.75, 3.05) is 40.9 Å². The molecule has 0 aromatic heterocycles. The van der Waals surface area contributed by atoms with E-state index in [0.717, 1.165) is 37.6 Å². The highest BCUT2D eigenvalue weighted by atomic mass is 16.5. The zero-order valence-electron chi connectivity index (χ0n) is 12.5. The molecule has 0 spiro atoms. The lowest BCUT2D eigenvalue weighted by Gasteiger charge is -2.14. The number of benzene rings is 1. The fourth-order valence-corrected chi connectivity index (χ4v) is 1.69. The Labute approximate surface area is 116 Å². The SMILES string of the molecule is CCCNCc1ccc(OC)c(OCCN(C)C)c1. The molecule has 1 rings (SSSR count). The van der Waals surface area contributed by atoms with Crippen LogP contribution in [-0.2, 0) is 6.54 Å². The number of nitrogens with one attached hydrogen (secondary N) is 1. The number of ether oxygens (including phenoxy) is 2. The monoisotopic (exact) mass is 266 g/mol. The molecule has 4 heteroatoms. The first-order valence-corrected chi connectivity index (χ1v) is 6.82. The van der Waals surface area contributed by atoms with Gasteiger partial charge in [0.1, 0.15) is 6.61 Å². The Bertz CT molecular complexity index is 367. The molecule has 0 amide bonds. The fourth-order valence-electron chi connectivity index (χ4n) is 1.69. The summed E-state index contributed by atoms with van der Waals surface area (Å²) >= 11 is 0. The molecule has 1 N–H and O–H groups in total. The Hall–Kier alpha value is -1.26. The first-order valence-electron chi connectivity index (χ1n) is 6.82. The van der Waals surface area contributed by atoms with Crippen molar-refractivity contribution >= 4 is 0 Å². The first kappa shape index (κ1) is 15.8.